The van der Waals surface area contributed by atoms with Crippen LogP contribution in [0.5, 0.6) is 0 Å². The molecule has 2 rings (SSSR count). The van der Waals surface area contributed by atoms with Crippen molar-refractivity contribution in [2.45, 2.75) is 5.88 Å². The monoisotopic (exact) mass is 199 g/mol. The lowest BCUT2D eigenvalue weighted by Gasteiger charge is -1.89. The molecule has 0 aliphatic rings. The number of hydrogen-bond donors (Lipinski definition) is 3. The average molecular weight is 200 g/mol. The number of alkyl halides is 1. The Morgan fingerprint density at radius 1 is 1.38 bits per heavy atom. The van der Waals surface area contributed by atoms with Crippen LogP contribution in [0.2, 0.25) is 0 Å². The number of aromatic nitrogens is 4. The molecule has 0 aromatic carbocycles. The summed E-state index contributed by atoms with van der Waals surface area (Å²) in [6.07, 6.45) is 0. The minimum absolute atomic E-state index is 0.0464. The molecule has 13 heavy (non-hydrogen) atoms. The Kier molecular flexibility index (Phi) is 1.70. The molecule has 7 heteroatoms. The van der Waals surface area contributed by atoms with Crippen molar-refractivity contribution in [2.75, 3.05) is 5.73 Å². The van der Waals surface area contributed by atoms with Gasteiger partial charge in [0, 0.05) is 0 Å². The largest absolute Gasteiger partial charge is 0.369 e. The van der Waals surface area contributed by atoms with E-state index in [0.29, 0.717) is 11.3 Å². The van der Waals surface area contributed by atoms with Crippen molar-refractivity contribution in [3.63, 3.8) is 0 Å². The number of nitrogens with two attached hydrogens (primary N) is 1. The number of nitrogens with one attached hydrogen (secondary N) is 2. The molecule has 6 nitrogen and oxygen atoms in total. The highest BCUT2D eigenvalue weighted by Gasteiger charge is 2.06. The quantitative estimate of drug-likeness (QED) is 0.562. The summed E-state index contributed by atoms with van der Waals surface area (Å²) in [5.74, 6) is 0.751. The molecule has 0 fully saturated rings. The van der Waals surface area contributed by atoms with E-state index in [2.05, 4.69) is 19.9 Å². The van der Waals surface area contributed by atoms with Crippen LogP contribution in [0, 0.1) is 0 Å². The topological polar surface area (TPSA) is 100 Å². The maximum absolute atomic E-state index is 11.2. The van der Waals surface area contributed by atoms with E-state index >= 15 is 0 Å². The summed E-state index contributed by atoms with van der Waals surface area (Å²) in [6.45, 7) is 0. The number of nitrogens with zero attached hydrogens (tertiary/aromatic N) is 2. The molecule has 2 aromatic heterocycles. The lowest BCUT2D eigenvalue weighted by Crippen LogP contribution is -2.10. The van der Waals surface area contributed by atoms with Gasteiger partial charge in [0.25, 0.3) is 5.56 Å². The number of H-pyrrole nitrogens is 2. The molecule has 0 unspecified atom stereocenters. The van der Waals surface area contributed by atoms with Gasteiger partial charge in [0.05, 0.1) is 5.88 Å². The summed E-state index contributed by atoms with van der Waals surface area (Å²) >= 11 is 5.53. The zero-order valence-corrected chi connectivity index (χ0v) is 7.22. The highest BCUT2D eigenvalue weighted by molar-refractivity contribution is 6.16. The van der Waals surface area contributed by atoms with Gasteiger partial charge < -0.3 is 10.7 Å². The van der Waals surface area contributed by atoms with Gasteiger partial charge in [0.2, 0.25) is 5.95 Å². The highest BCUT2D eigenvalue weighted by atomic mass is 35.5. The van der Waals surface area contributed by atoms with Gasteiger partial charge in [-0.25, -0.2) is 4.98 Å². The van der Waals surface area contributed by atoms with Crippen molar-refractivity contribution in [3.8, 4) is 0 Å². The molecule has 0 spiro atoms. The first kappa shape index (κ1) is 8.06. The molecule has 0 bridgehead atoms. The van der Waals surface area contributed by atoms with Crippen LogP contribution in [0.3, 0.4) is 0 Å². The fourth-order valence-electron chi connectivity index (χ4n) is 1.04. The first-order chi connectivity index (χ1) is 6.20. The highest BCUT2D eigenvalue weighted by Crippen LogP contribution is 2.05. The smallest absolute Gasteiger partial charge is 0.278 e. The summed E-state index contributed by atoms with van der Waals surface area (Å²) in [5.41, 5.74) is 5.57. The van der Waals surface area contributed by atoms with Gasteiger partial charge in [-0.15, -0.1) is 11.6 Å². The van der Waals surface area contributed by atoms with Crippen LogP contribution in [0.4, 0.5) is 5.95 Å². The minimum atomic E-state index is -0.341. The van der Waals surface area contributed by atoms with Gasteiger partial charge in [0.1, 0.15) is 5.82 Å². The third-order valence-electron chi connectivity index (χ3n) is 1.56. The normalized spacial score (nSPS) is 10.8. The van der Waals surface area contributed by atoms with E-state index < -0.39 is 0 Å². The number of nitrogen functional groups attached to an aromatic ring is 1. The molecule has 0 amide bonds. The summed E-state index contributed by atoms with van der Waals surface area (Å²) in [6, 6.07) is 0. The molecule has 2 heterocycles. The number of fused-ring (bicyclic) bond motifs is 1. The molecule has 0 aliphatic heterocycles. The summed E-state index contributed by atoms with van der Waals surface area (Å²) in [5, 5.41) is 0. The first-order valence-electron chi connectivity index (χ1n) is 3.51. The summed E-state index contributed by atoms with van der Waals surface area (Å²) < 4.78 is 0. The Bertz CT molecular complexity index is 501. The van der Waals surface area contributed by atoms with Crippen molar-refractivity contribution in [2.24, 2.45) is 0 Å². The van der Waals surface area contributed by atoms with Crippen molar-refractivity contribution in [3.05, 3.63) is 16.2 Å². The van der Waals surface area contributed by atoms with Gasteiger partial charge in [-0.05, 0) is 0 Å². The Morgan fingerprint density at radius 2 is 2.15 bits per heavy atom. The molecular formula is C6H6ClN5O. The fourth-order valence-corrected chi connectivity index (χ4v) is 1.16. The van der Waals surface area contributed by atoms with Crippen LogP contribution in [0.15, 0.2) is 4.79 Å². The lowest BCUT2D eigenvalue weighted by molar-refractivity contribution is 1.13. The summed E-state index contributed by atoms with van der Waals surface area (Å²) in [4.78, 5) is 24.1. The van der Waals surface area contributed by atoms with Crippen molar-refractivity contribution < 1.29 is 0 Å². The van der Waals surface area contributed by atoms with Gasteiger partial charge in [-0.3, -0.25) is 9.78 Å². The standard InChI is InChI=1S/C6H6ClN5O/c7-1-2-9-3-4(10-2)11-6(8)12-5(3)13/h1H2,(H4,8,9,10,11,12,13). The van der Waals surface area contributed by atoms with E-state index in [9.17, 15) is 4.79 Å². The average Bonchev–Trinajstić information content (AvgIpc) is 2.47. The predicted octanol–water partition coefficient (Wildman–Crippen LogP) is -0.0328. The molecule has 0 atom stereocenters. The van der Waals surface area contributed by atoms with Crippen molar-refractivity contribution >= 4 is 28.7 Å². The van der Waals surface area contributed by atoms with Gasteiger partial charge in [-0.2, -0.15) is 4.98 Å². The van der Waals surface area contributed by atoms with Gasteiger partial charge in [-0.1, -0.05) is 0 Å². The van der Waals surface area contributed by atoms with E-state index in [1.54, 1.807) is 0 Å². The van der Waals surface area contributed by atoms with E-state index in [4.69, 9.17) is 17.3 Å². The second kappa shape index (κ2) is 2.74. The molecule has 0 saturated heterocycles. The van der Waals surface area contributed by atoms with E-state index in [0.717, 1.165) is 0 Å². The number of aromatic amines is 2. The Balaban J connectivity index is 2.83. The number of imidazole rings is 1. The Labute approximate surface area is 77.2 Å². The maximum atomic E-state index is 11.2. The minimum Gasteiger partial charge on any atom is -0.369 e. The number of anilines is 1. The second-order valence-electron chi connectivity index (χ2n) is 2.47. The van der Waals surface area contributed by atoms with E-state index in [1.807, 2.05) is 0 Å². The molecule has 0 saturated carbocycles. The third kappa shape index (κ3) is 1.25. The molecule has 68 valence electrons. The van der Waals surface area contributed by atoms with Crippen molar-refractivity contribution in [1.82, 2.24) is 19.9 Å². The van der Waals surface area contributed by atoms with Crippen LogP contribution in [0.1, 0.15) is 5.82 Å². The van der Waals surface area contributed by atoms with Gasteiger partial charge >= 0.3 is 0 Å². The molecule has 2 aromatic rings. The molecular weight excluding hydrogens is 194 g/mol. The van der Waals surface area contributed by atoms with Crippen LogP contribution >= 0.6 is 11.6 Å². The van der Waals surface area contributed by atoms with E-state index in [1.165, 1.54) is 0 Å². The van der Waals surface area contributed by atoms with Crippen LogP contribution in [-0.4, -0.2) is 19.9 Å². The first-order valence-corrected chi connectivity index (χ1v) is 4.04. The predicted molar refractivity (Wildman–Crippen MR) is 48.5 cm³/mol. The maximum Gasteiger partial charge on any atom is 0.278 e. The number of halogens is 1. The van der Waals surface area contributed by atoms with Crippen LogP contribution in [-0.2, 0) is 5.88 Å². The Hall–Kier alpha value is -1.56. The van der Waals surface area contributed by atoms with Crippen LogP contribution < -0.4 is 11.3 Å². The molecule has 0 radical (unpaired) electrons. The van der Waals surface area contributed by atoms with E-state index in [-0.39, 0.29) is 23.0 Å². The van der Waals surface area contributed by atoms with Crippen molar-refractivity contribution in [1.29, 1.82) is 0 Å². The SMILES string of the molecule is Nc1nc2nc(CCl)[nH]c2c(=O)[nH]1. The summed E-state index contributed by atoms with van der Waals surface area (Å²) in [7, 11) is 0. The van der Waals surface area contributed by atoms with Gasteiger partial charge in [0.15, 0.2) is 11.2 Å². The second-order valence-corrected chi connectivity index (χ2v) is 2.73. The lowest BCUT2D eigenvalue weighted by atomic mass is 10.5. The van der Waals surface area contributed by atoms with Crippen LogP contribution in [0.25, 0.3) is 11.2 Å². The zero-order valence-electron chi connectivity index (χ0n) is 6.47. The third-order valence-corrected chi connectivity index (χ3v) is 1.81. The zero-order chi connectivity index (χ0) is 9.42. The number of rotatable bonds is 1. The number of hydrogen-bond acceptors (Lipinski definition) is 4. The molecule has 0 aliphatic carbocycles. The fraction of sp³-hybridized carbons (Fsp3) is 0.167. The Morgan fingerprint density at radius 3 is 2.85 bits per heavy atom. The molecule has 4 N–H and O–H groups in total.